The maximum absolute atomic E-state index is 13.1. The molecule has 1 unspecified atom stereocenters. The van der Waals surface area contributed by atoms with E-state index in [9.17, 15) is 14.0 Å². The predicted octanol–water partition coefficient (Wildman–Crippen LogP) is 3.16. The molecule has 3 atom stereocenters. The first-order chi connectivity index (χ1) is 9.63. The van der Waals surface area contributed by atoms with E-state index in [1.165, 1.54) is 12.1 Å². The molecule has 2 aliphatic rings. The van der Waals surface area contributed by atoms with Crippen molar-refractivity contribution in [2.24, 2.45) is 17.8 Å². The van der Waals surface area contributed by atoms with Crippen molar-refractivity contribution in [2.45, 2.75) is 32.1 Å². The molecule has 1 aromatic carbocycles. The van der Waals surface area contributed by atoms with Gasteiger partial charge in [-0.3, -0.25) is 9.59 Å². The van der Waals surface area contributed by atoms with Gasteiger partial charge in [-0.2, -0.15) is 0 Å². The summed E-state index contributed by atoms with van der Waals surface area (Å²) in [5.41, 5.74) is 0.483. The molecule has 0 heterocycles. The Hall–Kier alpha value is -1.71. The van der Waals surface area contributed by atoms with Crippen LogP contribution in [-0.2, 0) is 9.59 Å². The summed E-state index contributed by atoms with van der Waals surface area (Å²) >= 11 is 0. The first-order valence-electron chi connectivity index (χ1n) is 7.23. The first-order valence-corrected chi connectivity index (χ1v) is 7.23. The molecule has 106 valence electrons. The molecule has 0 aromatic heterocycles. The summed E-state index contributed by atoms with van der Waals surface area (Å²) in [7, 11) is 0. The normalized spacial score (nSPS) is 29.1. The third-order valence-electron chi connectivity index (χ3n) is 4.51. The summed E-state index contributed by atoms with van der Waals surface area (Å²) in [6.45, 7) is 0. The van der Waals surface area contributed by atoms with Crippen molar-refractivity contribution >= 4 is 17.4 Å². The SMILES string of the molecule is O=C(Nc1cccc(F)c1)C1C[C@H]2CCC[C@@H](C1)C2=O. The molecule has 2 saturated carbocycles. The Balaban J connectivity index is 1.67. The molecule has 0 aliphatic heterocycles. The van der Waals surface area contributed by atoms with E-state index in [0.29, 0.717) is 24.3 Å². The van der Waals surface area contributed by atoms with E-state index in [2.05, 4.69) is 5.32 Å². The highest BCUT2D eigenvalue weighted by Gasteiger charge is 2.41. The second-order valence-electron chi connectivity index (χ2n) is 5.90. The molecule has 3 nitrogen and oxygen atoms in total. The molecule has 4 heteroatoms. The smallest absolute Gasteiger partial charge is 0.227 e. The van der Waals surface area contributed by atoms with Gasteiger partial charge in [0.25, 0.3) is 0 Å². The zero-order valence-electron chi connectivity index (χ0n) is 11.3. The van der Waals surface area contributed by atoms with Crippen molar-refractivity contribution in [3.05, 3.63) is 30.1 Å². The number of ketones is 1. The van der Waals surface area contributed by atoms with E-state index in [4.69, 9.17) is 0 Å². The lowest BCUT2D eigenvalue weighted by Crippen LogP contribution is -2.40. The van der Waals surface area contributed by atoms with Gasteiger partial charge in [0.05, 0.1) is 0 Å². The van der Waals surface area contributed by atoms with Crippen LogP contribution < -0.4 is 5.32 Å². The van der Waals surface area contributed by atoms with Gasteiger partial charge in [-0.1, -0.05) is 12.5 Å². The van der Waals surface area contributed by atoms with Crippen LogP contribution in [0.5, 0.6) is 0 Å². The molecule has 2 fully saturated rings. The van der Waals surface area contributed by atoms with Gasteiger partial charge in [-0.05, 0) is 43.9 Å². The number of carbonyl (C=O) groups is 2. The van der Waals surface area contributed by atoms with Crippen molar-refractivity contribution < 1.29 is 14.0 Å². The number of halogens is 1. The lowest BCUT2D eigenvalue weighted by Gasteiger charge is -2.36. The topological polar surface area (TPSA) is 46.2 Å². The first kappa shape index (κ1) is 13.3. The van der Waals surface area contributed by atoms with Gasteiger partial charge >= 0.3 is 0 Å². The fourth-order valence-electron chi connectivity index (χ4n) is 3.50. The number of benzene rings is 1. The summed E-state index contributed by atoms with van der Waals surface area (Å²) < 4.78 is 13.1. The molecule has 3 rings (SSSR count). The monoisotopic (exact) mass is 275 g/mol. The standard InChI is InChI=1S/C16H18FNO2/c17-13-5-2-6-14(9-13)18-16(20)12-7-10-3-1-4-11(8-12)15(10)19/h2,5-6,9-12H,1,3-4,7-8H2,(H,18,20)/t10-,11+,12?. The molecule has 0 spiro atoms. The quantitative estimate of drug-likeness (QED) is 0.901. The number of hydrogen-bond donors (Lipinski definition) is 1. The number of anilines is 1. The van der Waals surface area contributed by atoms with Crippen LogP contribution in [0.4, 0.5) is 10.1 Å². The largest absolute Gasteiger partial charge is 0.326 e. The number of hydrogen-bond acceptors (Lipinski definition) is 2. The number of nitrogens with one attached hydrogen (secondary N) is 1. The molecule has 20 heavy (non-hydrogen) atoms. The Kier molecular flexibility index (Phi) is 3.55. The Morgan fingerprint density at radius 1 is 1.20 bits per heavy atom. The number of amides is 1. The van der Waals surface area contributed by atoms with Crippen LogP contribution in [0.15, 0.2) is 24.3 Å². The van der Waals surface area contributed by atoms with E-state index in [0.717, 1.165) is 19.3 Å². The summed E-state index contributed by atoms with van der Waals surface area (Å²) in [5.74, 6) is -0.0904. The van der Waals surface area contributed by atoms with Crippen molar-refractivity contribution in [1.29, 1.82) is 0 Å². The minimum Gasteiger partial charge on any atom is -0.326 e. The molecule has 2 bridgehead atoms. The third-order valence-corrected chi connectivity index (χ3v) is 4.51. The highest BCUT2D eigenvalue weighted by atomic mass is 19.1. The van der Waals surface area contributed by atoms with Crippen molar-refractivity contribution in [3.8, 4) is 0 Å². The summed E-state index contributed by atoms with van der Waals surface area (Å²) in [5, 5.41) is 2.77. The second kappa shape index (κ2) is 5.35. The van der Waals surface area contributed by atoms with Crippen LogP contribution in [0, 0.1) is 23.6 Å². The van der Waals surface area contributed by atoms with Crippen LogP contribution in [0.2, 0.25) is 0 Å². The van der Waals surface area contributed by atoms with Gasteiger partial charge in [-0.25, -0.2) is 4.39 Å². The van der Waals surface area contributed by atoms with Gasteiger partial charge in [-0.15, -0.1) is 0 Å². The second-order valence-corrected chi connectivity index (χ2v) is 5.90. The summed E-state index contributed by atoms with van der Waals surface area (Å²) in [6, 6.07) is 5.91. The molecule has 1 amide bonds. The predicted molar refractivity (Wildman–Crippen MR) is 73.6 cm³/mol. The highest BCUT2D eigenvalue weighted by molar-refractivity contribution is 5.95. The summed E-state index contributed by atoms with van der Waals surface area (Å²) in [4.78, 5) is 24.3. The van der Waals surface area contributed by atoms with Crippen LogP contribution in [0.1, 0.15) is 32.1 Å². The molecule has 2 aliphatic carbocycles. The van der Waals surface area contributed by atoms with Crippen molar-refractivity contribution in [2.75, 3.05) is 5.32 Å². The molecule has 0 radical (unpaired) electrons. The third kappa shape index (κ3) is 2.60. The van der Waals surface area contributed by atoms with Gasteiger partial charge in [0, 0.05) is 23.4 Å². The van der Waals surface area contributed by atoms with Gasteiger partial charge in [0.1, 0.15) is 11.6 Å². The number of fused-ring (bicyclic) bond motifs is 2. The number of Topliss-reactive ketones (excluding diaryl/α,β-unsaturated/α-hetero) is 1. The van der Waals surface area contributed by atoms with Crippen LogP contribution >= 0.6 is 0 Å². The zero-order valence-corrected chi connectivity index (χ0v) is 11.3. The fourth-order valence-corrected chi connectivity index (χ4v) is 3.50. The van der Waals surface area contributed by atoms with Gasteiger partial charge in [0.15, 0.2) is 0 Å². The average Bonchev–Trinajstić information content (AvgIpc) is 2.38. The van der Waals surface area contributed by atoms with E-state index < -0.39 is 0 Å². The molecule has 0 saturated heterocycles. The van der Waals surface area contributed by atoms with E-state index >= 15 is 0 Å². The van der Waals surface area contributed by atoms with Gasteiger partial charge in [0.2, 0.25) is 5.91 Å². The van der Waals surface area contributed by atoms with E-state index in [-0.39, 0.29) is 29.5 Å². The minimum absolute atomic E-state index is 0.0609. The zero-order chi connectivity index (χ0) is 14.1. The van der Waals surface area contributed by atoms with Crippen molar-refractivity contribution in [3.63, 3.8) is 0 Å². The van der Waals surface area contributed by atoms with Crippen LogP contribution in [0.25, 0.3) is 0 Å². The maximum atomic E-state index is 13.1. The molecule has 1 N–H and O–H groups in total. The minimum atomic E-state index is -0.363. The lowest BCUT2D eigenvalue weighted by molar-refractivity contribution is -0.136. The number of carbonyl (C=O) groups excluding carboxylic acids is 2. The maximum Gasteiger partial charge on any atom is 0.227 e. The average molecular weight is 275 g/mol. The fraction of sp³-hybridized carbons (Fsp3) is 0.500. The Bertz CT molecular complexity index is 527. The molecular formula is C16H18FNO2. The van der Waals surface area contributed by atoms with Crippen LogP contribution in [0.3, 0.4) is 0 Å². The Morgan fingerprint density at radius 2 is 1.90 bits per heavy atom. The number of rotatable bonds is 2. The summed E-state index contributed by atoms with van der Waals surface area (Å²) in [6.07, 6.45) is 4.23. The van der Waals surface area contributed by atoms with Crippen molar-refractivity contribution in [1.82, 2.24) is 0 Å². The molecular weight excluding hydrogens is 257 g/mol. The Morgan fingerprint density at radius 3 is 2.55 bits per heavy atom. The van der Waals surface area contributed by atoms with E-state index in [1.807, 2.05) is 0 Å². The van der Waals surface area contributed by atoms with Crippen LogP contribution in [-0.4, -0.2) is 11.7 Å². The van der Waals surface area contributed by atoms with E-state index in [1.54, 1.807) is 12.1 Å². The highest BCUT2D eigenvalue weighted by Crippen LogP contribution is 2.40. The van der Waals surface area contributed by atoms with Gasteiger partial charge < -0.3 is 5.32 Å². The Labute approximate surface area is 117 Å². The molecule has 1 aromatic rings. The lowest BCUT2D eigenvalue weighted by atomic mass is 9.67.